The summed E-state index contributed by atoms with van der Waals surface area (Å²) in [4.78, 5) is 11.7. The topological polar surface area (TPSA) is 78.6 Å². The van der Waals surface area contributed by atoms with E-state index in [1.54, 1.807) is 42.3 Å². The average molecular weight is 493 g/mol. The number of thioether (sulfide) groups is 1. The highest BCUT2D eigenvalue weighted by molar-refractivity contribution is 7.98. The van der Waals surface area contributed by atoms with Crippen LogP contribution in [0.5, 0.6) is 5.75 Å². The van der Waals surface area contributed by atoms with Gasteiger partial charge in [0.05, 0.1) is 26.0 Å². The van der Waals surface area contributed by atoms with Crippen molar-refractivity contribution in [1.29, 1.82) is 0 Å². The molecule has 0 amide bonds. The van der Waals surface area contributed by atoms with Crippen molar-refractivity contribution in [1.82, 2.24) is 14.9 Å². The lowest BCUT2D eigenvalue weighted by atomic mass is 10.1. The Morgan fingerprint density at radius 2 is 1.71 bits per heavy atom. The van der Waals surface area contributed by atoms with Crippen LogP contribution in [0.25, 0.3) is 11.4 Å². The lowest BCUT2D eigenvalue weighted by molar-refractivity contribution is 0.0600. The molecule has 34 heavy (non-hydrogen) atoms. The molecule has 0 aliphatic heterocycles. The standard InChI is InChI=1S/C25H21ClN4O3S/c1-32-22-13-5-17(6-14-22)15-27-30-23(19-9-11-21(26)12-10-19)28-29-25(30)34-16-18-3-7-20(8-4-18)24(31)33-2/h3-15H,16H2,1-2H3/b27-15+. The van der Waals surface area contributed by atoms with Gasteiger partial charge in [0.2, 0.25) is 5.16 Å². The second-order valence-electron chi connectivity index (χ2n) is 7.12. The molecule has 172 valence electrons. The van der Waals surface area contributed by atoms with E-state index in [0.29, 0.717) is 27.3 Å². The highest BCUT2D eigenvalue weighted by atomic mass is 35.5. The minimum absolute atomic E-state index is 0.362. The Bertz CT molecular complexity index is 1290. The van der Waals surface area contributed by atoms with E-state index in [1.165, 1.54) is 18.9 Å². The third-order valence-electron chi connectivity index (χ3n) is 4.90. The van der Waals surface area contributed by atoms with Crippen LogP contribution in [0.3, 0.4) is 0 Å². The lowest BCUT2D eigenvalue weighted by Crippen LogP contribution is -2.00. The molecule has 9 heteroatoms. The van der Waals surface area contributed by atoms with Gasteiger partial charge < -0.3 is 9.47 Å². The van der Waals surface area contributed by atoms with Gasteiger partial charge in [-0.2, -0.15) is 9.78 Å². The summed E-state index contributed by atoms with van der Waals surface area (Å²) < 4.78 is 11.7. The SMILES string of the molecule is COC(=O)c1ccc(CSc2nnc(-c3ccc(Cl)cc3)n2/N=C/c2ccc(OC)cc2)cc1. The third kappa shape index (κ3) is 5.65. The van der Waals surface area contributed by atoms with Crippen LogP contribution in [0.15, 0.2) is 83.1 Å². The van der Waals surface area contributed by atoms with Gasteiger partial charge >= 0.3 is 5.97 Å². The summed E-state index contributed by atoms with van der Waals surface area (Å²) in [5.74, 6) is 1.64. The van der Waals surface area contributed by atoms with E-state index in [-0.39, 0.29) is 5.97 Å². The molecule has 0 spiro atoms. The van der Waals surface area contributed by atoms with Gasteiger partial charge in [0.15, 0.2) is 5.82 Å². The van der Waals surface area contributed by atoms with Crippen molar-refractivity contribution in [2.75, 3.05) is 14.2 Å². The normalized spacial score (nSPS) is 11.0. The number of nitrogens with zero attached hydrogens (tertiary/aromatic N) is 4. The number of esters is 1. The predicted octanol–water partition coefficient (Wildman–Crippen LogP) is 5.57. The van der Waals surface area contributed by atoms with Crippen LogP contribution in [0, 0.1) is 0 Å². The van der Waals surface area contributed by atoms with E-state index < -0.39 is 0 Å². The molecule has 0 unspecified atom stereocenters. The van der Waals surface area contributed by atoms with Gasteiger partial charge in [-0.1, -0.05) is 35.5 Å². The fourth-order valence-corrected chi connectivity index (χ4v) is 4.02. The number of hydrogen-bond donors (Lipinski definition) is 0. The number of ether oxygens (including phenoxy) is 2. The highest BCUT2D eigenvalue weighted by Crippen LogP contribution is 2.27. The zero-order chi connectivity index (χ0) is 23.9. The Labute approximate surface area is 206 Å². The van der Waals surface area contributed by atoms with Crippen molar-refractivity contribution >= 4 is 35.5 Å². The first kappa shape index (κ1) is 23.5. The van der Waals surface area contributed by atoms with Gasteiger partial charge in [0, 0.05) is 16.3 Å². The van der Waals surface area contributed by atoms with Gasteiger partial charge in [0.25, 0.3) is 0 Å². The van der Waals surface area contributed by atoms with Crippen LogP contribution in [0.2, 0.25) is 5.02 Å². The minimum Gasteiger partial charge on any atom is -0.497 e. The number of benzene rings is 3. The fourth-order valence-electron chi connectivity index (χ4n) is 3.06. The summed E-state index contributed by atoms with van der Waals surface area (Å²) in [5, 5.41) is 14.7. The number of hydrogen-bond acceptors (Lipinski definition) is 7. The molecule has 4 aromatic rings. The maximum absolute atomic E-state index is 11.7. The van der Waals surface area contributed by atoms with Crippen LogP contribution in [0.1, 0.15) is 21.5 Å². The van der Waals surface area contributed by atoms with Crippen molar-refractivity contribution in [2.24, 2.45) is 5.10 Å². The first-order valence-electron chi connectivity index (χ1n) is 10.3. The van der Waals surface area contributed by atoms with E-state index in [4.69, 9.17) is 21.1 Å². The number of methoxy groups -OCH3 is 2. The lowest BCUT2D eigenvalue weighted by Gasteiger charge is -2.06. The van der Waals surface area contributed by atoms with Gasteiger partial charge in [0.1, 0.15) is 5.75 Å². The van der Waals surface area contributed by atoms with Crippen molar-refractivity contribution in [2.45, 2.75) is 10.9 Å². The highest BCUT2D eigenvalue weighted by Gasteiger charge is 2.15. The van der Waals surface area contributed by atoms with Gasteiger partial charge in [-0.05, 0) is 71.8 Å². The van der Waals surface area contributed by atoms with Crippen LogP contribution >= 0.6 is 23.4 Å². The summed E-state index contributed by atoms with van der Waals surface area (Å²) in [6.45, 7) is 0. The zero-order valence-electron chi connectivity index (χ0n) is 18.5. The smallest absolute Gasteiger partial charge is 0.337 e. The molecule has 0 aliphatic carbocycles. The third-order valence-corrected chi connectivity index (χ3v) is 6.14. The number of halogens is 1. The molecule has 0 N–H and O–H groups in total. The quantitative estimate of drug-likeness (QED) is 0.182. The first-order chi connectivity index (χ1) is 16.6. The van der Waals surface area contributed by atoms with Crippen LogP contribution in [-0.4, -0.2) is 41.3 Å². The summed E-state index contributed by atoms with van der Waals surface area (Å²) in [7, 11) is 2.99. The molecule has 0 atom stereocenters. The van der Waals surface area contributed by atoms with E-state index in [2.05, 4.69) is 15.3 Å². The summed E-state index contributed by atoms with van der Waals surface area (Å²) in [5.41, 5.74) is 3.29. The number of carbonyl (C=O) groups is 1. The van der Waals surface area contributed by atoms with Gasteiger partial charge in [-0.15, -0.1) is 10.2 Å². The Morgan fingerprint density at radius 1 is 1.00 bits per heavy atom. The molecule has 0 fully saturated rings. The second kappa shape index (κ2) is 11.0. The van der Waals surface area contributed by atoms with Crippen molar-refractivity contribution < 1.29 is 14.3 Å². The number of carbonyl (C=O) groups excluding carboxylic acids is 1. The Balaban J connectivity index is 1.60. The monoisotopic (exact) mass is 492 g/mol. The van der Waals surface area contributed by atoms with E-state index in [1.807, 2.05) is 48.5 Å². The van der Waals surface area contributed by atoms with Crippen molar-refractivity contribution in [3.63, 3.8) is 0 Å². The van der Waals surface area contributed by atoms with Crippen molar-refractivity contribution in [3.05, 3.63) is 94.5 Å². The molecule has 0 bridgehead atoms. The molecule has 0 aliphatic rings. The maximum atomic E-state index is 11.7. The van der Waals surface area contributed by atoms with Crippen LogP contribution in [0.4, 0.5) is 0 Å². The summed E-state index contributed by atoms with van der Waals surface area (Å²) >= 11 is 7.55. The summed E-state index contributed by atoms with van der Waals surface area (Å²) in [6.07, 6.45) is 1.75. The molecule has 3 aromatic carbocycles. The number of rotatable bonds is 8. The predicted molar refractivity (Wildman–Crippen MR) is 134 cm³/mol. The van der Waals surface area contributed by atoms with Gasteiger partial charge in [-0.25, -0.2) is 4.79 Å². The van der Waals surface area contributed by atoms with Gasteiger partial charge in [-0.3, -0.25) is 0 Å². The number of aromatic nitrogens is 3. The fraction of sp³-hybridized carbons (Fsp3) is 0.120. The molecule has 0 radical (unpaired) electrons. The van der Waals surface area contributed by atoms with Crippen molar-refractivity contribution in [3.8, 4) is 17.1 Å². The Morgan fingerprint density at radius 3 is 2.35 bits per heavy atom. The molecule has 1 heterocycles. The molecule has 1 aromatic heterocycles. The Hall–Kier alpha value is -3.62. The minimum atomic E-state index is -0.362. The second-order valence-corrected chi connectivity index (χ2v) is 8.50. The zero-order valence-corrected chi connectivity index (χ0v) is 20.1. The molecule has 4 rings (SSSR count). The van der Waals surface area contributed by atoms with E-state index >= 15 is 0 Å². The van der Waals surface area contributed by atoms with E-state index in [9.17, 15) is 4.79 Å². The average Bonchev–Trinajstić information content (AvgIpc) is 3.29. The van der Waals surface area contributed by atoms with Crippen LogP contribution < -0.4 is 4.74 Å². The molecule has 7 nitrogen and oxygen atoms in total. The first-order valence-corrected chi connectivity index (χ1v) is 11.6. The molecule has 0 saturated heterocycles. The van der Waals surface area contributed by atoms with E-state index in [0.717, 1.165) is 22.4 Å². The Kier molecular flexibility index (Phi) is 7.61. The molecule has 0 saturated carbocycles. The maximum Gasteiger partial charge on any atom is 0.337 e. The molecular formula is C25H21ClN4O3S. The van der Waals surface area contributed by atoms with Crippen LogP contribution in [-0.2, 0) is 10.5 Å². The summed E-state index contributed by atoms with van der Waals surface area (Å²) in [6, 6.07) is 22.2. The largest absolute Gasteiger partial charge is 0.497 e. The molecular weight excluding hydrogens is 472 g/mol.